The third kappa shape index (κ3) is 3.52. The van der Waals surface area contributed by atoms with E-state index in [4.69, 9.17) is 4.74 Å². The minimum Gasteiger partial charge on any atom is -0.366 e. The Kier molecular flexibility index (Phi) is 5.07. The van der Waals surface area contributed by atoms with Crippen LogP contribution in [0.1, 0.15) is 47.2 Å². The lowest BCUT2D eigenvalue weighted by atomic mass is 9.77. The smallest absolute Gasteiger partial charge is 0.253 e. The van der Waals surface area contributed by atoms with Crippen LogP contribution in [-0.4, -0.2) is 53.9 Å². The topological polar surface area (TPSA) is 49.9 Å². The van der Waals surface area contributed by atoms with Crippen molar-refractivity contribution in [2.75, 3.05) is 26.2 Å². The Hall–Kier alpha value is -2.66. The van der Waals surface area contributed by atoms with E-state index in [1.165, 1.54) is 11.1 Å². The maximum atomic E-state index is 12.9. The summed E-state index contributed by atoms with van der Waals surface area (Å²) in [7, 11) is 0. The van der Waals surface area contributed by atoms with Gasteiger partial charge in [-0.3, -0.25) is 9.59 Å². The number of hydrogen-bond acceptors (Lipinski definition) is 3. The maximum absolute atomic E-state index is 12.9. The highest BCUT2D eigenvalue weighted by Crippen LogP contribution is 2.44. The molecule has 0 saturated carbocycles. The van der Waals surface area contributed by atoms with Gasteiger partial charge in [0.1, 0.15) is 0 Å². The molecule has 3 heterocycles. The van der Waals surface area contributed by atoms with Gasteiger partial charge >= 0.3 is 0 Å². The monoisotopic (exact) mass is 404 g/mol. The highest BCUT2D eigenvalue weighted by Gasteiger charge is 2.45. The minimum atomic E-state index is -0.401. The molecule has 0 N–H and O–H groups in total. The number of likely N-dealkylation sites (tertiary alicyclic amines) is 2. The van der Waals surface area contributed by atoms with E-state index in [0.29, 0.717) is 19.5 Å². The Morgan fingerprint density at radius 2 is 1.60 bits per heavy atom. The van der Waals surface area contributed by atoms with Gasteiger partial charge in [0.05, 0.1) is 18.1 Å². The average molecular weight is 405 g/mol. The van der Waals surface area contributed by atoms with Crippen molar-refractivity contribution >= 4 is 11.8 Å². The molecule has 5 nitrogen and oxygen atoms in total. The van der Waals surface area contributed by atoms with Crippen LogP contribution in [0.25, 0.3) is 0 Å². The molecule has 0 aliphatic carbocycles. The molecular weight excluding hydrogens is 376 g/mol. The van der Waals surface area contributed by atoms with E-state index in [9.17, 15) is 9.59 Å². The molecule has 0 aromatic heterocycles. The normalized spacial score (nSPS) is 22.3. The van der Waals surface area contributed by atoms with Crippen LogP contribution in [0.5, 0.6) is 0 Å². The summed E-state index contributed by atoms with van der Waals surface area (Å²) in [5.41, 5.74) is 2.86. The first-order valence-electron chi connectivity index (χ1n) is 11.0. The van der Waals surface area contributed by atoms with Gasteiger partial charge in [0.15, 0.2) is 0 Å². The Labute approximate surface area is 177 Å². The number of fused-ring (bicyclic) bond motifs is 2. The van der Waals surface area contributed by atoms with Gasteiger partial charge in [0, 0.05) is 31.7 Å². The molecule has 0 radical (unpaired) electrons. The first-order chi connectivity index (χ1) is 14.6. The SMILES string of the molecule is O=C(CC1Cc2ccccc2C2(CCN(C(=O)c3ccccc3)CC2)O1)N1CCC1. The molecule has 2 amide bonds. The van der Waals surface area contributed by atoms with Crippen LogP contribution in [0.15, 0.2) is 54.6 Å². The molecule has 2 aromatic rings. The second-order valence-corrected chi connectivity index (χ2v) is 8.69. The number of rotatable bonds is 3. The third-order valence-corrected chi connectivity index (χ3v) is 6.84. The fourth-order valence-electron chi connectivity index (χ4n) is 5.04. The predicted molar refractivity (Wildman–Crippen MR) is 114 cm³/mol. The van der Waals surface area contributed by atoms with Crippen LogP contribution >= 0.6 is 0 Å². The second-order valence-electron chi connectivity index (χ2n) is 8.69. The van der Waals surface area contributed by atoms with Gasteiger partial charge in [-0.1, -0.05) is 42.5 Å². The molecule has 156 valence electrons. The summed E-state index contributed by atoms with van der Waals surface area (Å²) in [6.45, 7) is 3.08. The summed E-state index contributed by atoms with van der Waals surface area (Å²) < 4.78 is 6.68. The summed E-state index contributed by atoms with van der Waals surface area (Å²) >= 11 is 0. The minimum absolute atomic E-state index is 0.0825. The molecule has 3 aliphatic heterocycles. The zero-order valence-electron chi connectivity index (χ0n) is 17.3. The van der Waals surface area contributed by atoms with Gasteiger partial charge in [0.2, 0.25) is 5.91 Å². The van der Waals surface area contributed by atoms with Crippen LogP contribution < -0.4 is 0 Å². The van der Waals surface area contributed by atoms with Crippen LogP contribution in [-0.2, 0) is 21.6 Å². The molecule has 1 atom stereocenters. The quantitative estimate of drug-likeness (QED) is 0.788. The standard InChI is InChI=1S/C25H28N2O3/c28-23(26-13-6-14-26)18-21-17-20-9-4-5-10-22(20)25(30-21)11-15-27(16-12-25)24(29)19-7-2-1-3-8-19/h1-5,7-10,21H,6,11-18H2. The summed E-state index contributed by atoms with van der Waals surface area (Å²) in [6, 6.07) is 17.9. The first kappa shape index (κ1) is 19.3. The summed E-state index contributed by atoms with van der Waals surface area (Å²) in [6.07, 6.45) is 3.76. The van der Waals surface area contributed by atoms with E-state index in [0.717, 1.165) is 44.3 Å². The van der Waals surface area contributed by atoms with E-state index in [1.807, 2.05) is 40.1 Å². The van der Waals surface area contributed by atoms with E-state index in [2.05, 4.69) is 24.3 Å². The molecule has 5 rings (SSSR count). The molecule has 3 aliphatic rings. The molecule has 30 heavy (non-hydrogen) atoms. The second kappa shape index (κ2) is 7.88. The highest BCUT2D eigenvalue weighted by atomic mass is 16.5. The third-order valence-electron chi connectivity index (χ3n) is 6.84. The van der Waals surface area contributed by atoms with Crippen LogP contribution in [0.2, 0.25) is 0 Å². The summed E-state index contributed by atoms with van der Waals surface area (Å²) in [4.78, 5) is 29.3. The predicted octanol–water partition coefficient (Wildman–Crippen LogP) is 3.38. The molecule has 2 aromatic carbocycles. The Morgan fingerprint density at radius 3 is 2.30 bits per heavy atom. The summed E-state index contributed by atoms with van der Waals surface area (Å²) in [5, 5.41) is 0. The molecule has 5 heteroatoms. The van der Waals surface area contributed by atoms with Gasteiger partial charge in [-0.05, 0) is 48.9 Å². The molecule has 2 fully saturated rings. The van der Waals surface area contributed by atoms with Crippen molar-refractivity contribution in [3.8, 4) is 0 Å². The number of benzene rings is 2. The van der Waals surface area contributed by atoms with Gasteiger partial charge in [-0.25, -0.2) is 0 Å². The Morgan fingerprint density at radius 1 is 0.900 bits per heavy atom. The largest absolute Gasteiger partial charge is 0.366 e. The number of nitrogens with zero attached hydrogens (tertiary/aromatic N) is 2. The van der Waals surface area contributed by atoms with E-state index < -0.39 is 5.60 Å². The van der Waals surface area contributed by atoms with Gasteiger partial charge < -0.3 is 14.5 Å². The van der Waals surface area contributed by atoms with Crippen LogP contribution in [0, 0.1) is 0 Å². The molecule has 1 spiro atoms. The summed E-state index contributed by atoms with van der Waals surface area (Å²) in [5.74, 6) is 0.288. The number of hydrogen-bond donors (Lipinski definition) is 0. The van der Waals surface area contributed by atoms with Gasteiger partial charge in [-0.2, -0.15) is 0 Å². The van der Waals surface area contributed by atoms with Crippen LogP contribution in [0.4, 0.5) is 0 Å². The Bertz CT molecular complexity index is 930. The fraction of sp³-hybridized carbons (Fsp3) is 0.440. The van der Waals surface area contributed by atoms with Crippen molar-refractivity contribution in [3.63, 3.8) is 0 Å². The molecule has 0 bridgehead atoms. The van der Waals surface area contributed by atoms with Gasteiger partial charge in [-0.15, -0.1) is 0 Å². The van der Waals surface area contributed by atoms with Crippen molar-refractivity contribution in [2.45, 2.75) is 43.8 Å². The number of amides is 2. The average Bonchev–Trinajstić information content (AvgIpc) is 2.73. The van der Waals surface area contributed by atoms with Gasteiger partial charge in [0.25, 0.3) is 5.91 Å². The van der Waals surface area contributed by atoms with Crippen LogP contribution in [0.3, 0.4) is 0 Å². The highest BCUT2D eigenvalue weighted by molar-refractivity contribution is 5.94. The zero-order valence-corrected chi connectivity index (χ0v) is 17.3. The van der Waals surface area contributed by atoms with Crippen molar-refractivity contribution in [3.05, 3.63) is 71.3 Å². The number of carbonyl (C=O) groups excluding carboxylic acids is 2. The Balaban J connectivity index is 1.33. The maximum Gasteiger partial charge on any atom is 0.253 e. The van der Waals surface area contributed by atoms with Crippen molar-refractivity contribution < 1.29 is 14.3 Å². The number of carbonyl (C=O) groups is 2. The number of ether oxygens (including phenoxy) is 1. The first-order valence-corrected chi connectivity index (χ1v) is 11.0. The molecule has 1 unspecified atom stereocenters. The lowest BCUT2D eigenvalue weighted by Gasteiger charge is -2.47. The van der Waals surface area contributed by atoms with Crippen molar-refractivity contribution in [1.82, 2.24) is 9.80 Å². The number of piperidine rings is 1. The van der Waals surface area contributed by atoms with E-state index in [-0.39, 0.29) is 17.9 Å². The molecule has 2 saturated heterocycles. The van der Waals surface area contributed by atoms with E-state index in [1.54, 1.807) is 0 Å². The van der Waals surface area contributed by atoms with E-state index >= 15 is 0 Å². The lowest BCUT2D eigenvalue weighted by Crippen LogP contribution is -2.51. The van der Waals surface area contributed by atoms with Crippen molar-refractivity contribution in [1.29, 1.82) is 0 Å². The zero-order chi connectivity index (χ0) is 20.6. The molecular formula is C25H28N2O3. The van der Waals surface area contributed by atoms with Crippen molar-refractivity contribution in [2.24, 2.45) is 0 Å². The fourth-order valence-corrected chi connectivity index (χ4v) is 5.04. The lowest BCUT2D eigenvalue weighted by molar-refractivity contribution is -0.155.